The van der Waals surface area contributed by atoms with Gasteiger partial charge in [-0.15, -0.1) is 0 Å². The highest BCUT2D eigenvalue weighted by Crippen LogP contribution is 2.33. The van der Waals surface area contributed by atoms with Crippen molar-refractivity contribution in [1.82, 2.24) is 15.0 Å². The predicted octanol–water partition coefficient (Wildman–Crippen LogP) is 5.01. The molecule has 27 heavy (non-hydrogen) atoms. The minimum Gasteiger partial charge on any atom is -0.383 e. The van der Waals surface area contributed by atoms with Gasteiger partial charge in [0.15, 0.2) is 5.82 Å². The van der Waals surface area contributed by atoms with Crippen molar-refractivity contribution in [3.8, 4) is 11.3 Å². The first-order chi connectivity index (χ1) is 13.1. The van der Waals surface area contributed by atoms with Crippen LogP contribution in [0.1, 0.15) is 38.1 Å². The molecule has 1 atom stereocenters. The van der Waals surface area contributed by atoms with Gasteiger partial charge in [-0.05, 0) is 43.9 Å². The maximum Gasteiger partial charge on any atom is 0.162 e. The van der Waals surface area contributed by atoms with Crippen LogP contribution in [0.2, 0.25) is 10.0 Å². The Labute approximate surface area is 171 Å². The molecule has 1 aliphatic heterocycles. The number of benzene rings is 1. The number of hydrogen-bond acceptors (Lipinski definition) is 5. The molecule has 0 radical (unpaired) electrons. The molecule has 1 N–H and O–H groups in total. The Morgan fingerprint density at radius 2 is 1.96 bits per heavy atom. The number of nitrogens with zero attached hydrogens (tertiary/aromatic N) is 3. The van der Waals surface area contributed by atoms with Crippen molar-refractivity contribution in [3.63, 3.8) is 0 Å². The second-order valence-corrected chi connectivity index (χ2v) is 7.55. The van der Waals surface area contributed by atoms with E-state index in [2.05, 4.69) is 24.3 Å². The fraction of sp³-hybridized carbons (Fsp3) is 0.500. The summed E-state index contributed by atoms with van der Waals surface area (Å²) in [6.07, 6.45) is 3.81. The molecule has 0 unspecified atom stereocenters. The Morgan fingerprint density at radius 1 is 1.19 bits per heavy atom. The van der Waals surface area contributed by atoms with Gasteiger partial charge >= 0.3 is 0 Å². The average molecular weight is 409 g/mol. The second kappa shape index (κ2) is 9.20. The topological polar surface area (TPSA) is 50.3 Å². The number of hydrazine groups is 1. The monoisotopic (exact) mass is 408 g/mol. The minimum atomic E-state index is 0.358. The van der Waals surface area contributed by atoms with Crippen LogP contribution in [0.25, 0.3) is 11.3 Å². The van der Waals surface area contributed by atoms with E-state index in [1.54, 1.807) is 13.2 Å². The molecule has 7 heteroatoms. The van der Waals surface area contributed by atoms with Crippen molar-refractivity contribution in [1.29, 1.82) is 0 Å². The number of ether oxygens (including phenoxy) is 1. The third-order valence-electron chi connectivity index (χ3n) is 4.88. The maximum atomic E-state index is 6.43. The number of aryl methyl sites for hydroxylation is 2. The Balaban J connectivity index is 1.97. The third-order valence-corrected chi connectivity index (χ3v) is 5.43. The first-order valence-electron chi connectivity index (χ1n) is 9.44. The van der Waals surface area contributed by atoms with Gasteiger partial charge in [0.05, 0.1) is 34.8 Å². The smallest absolute Gasteiger partial charge is 0.162 e. The van der Waals surface area contributed by atoms with Crippen LogP contribution < -0.4 is 5.43 Å². The van der Waals surface area contributed by atoms with Crippen molar-refractivity contribution in [2.24, 2.45) is 0 Å². The number of anilines is 1. The van der Waals surface area contributed by atoms with Crippen molar-refractivity contribution in [2.45, 2.75) is 45.6 Å². The summed E-state index contributed by atoms with van der Waals surface area (Å²) in [6, 6.07) is 5.85. The van der Waals surface area contributed by atoms with Crippen molar-refractivity contribution >= 4 is 29.0 Å². The quantitative estimate of drug-likeness (QED) is 0.697. The minimum absolute atomic E-state index is 0.358. The van der Waals surface area contributed by atoms with Crippen LogP contribution in [-0.2, 0) is 17.6 Å². The normalized spacial score (nSPS) is 17.4. The molecule has 2 heterocycles. The van der Waals surface area contributed by atoms with Crippen molar-refractivity contribution in [2.75, 3.05) is 25.7 Å². The Kier molecular flexibility index (Phi) is 6.93. The Hall–Kier alpha value is -1.40. The number of halogens is 2. The molecule has 0 spiro atoms. The summed E-state index contributed by atoms with van der Waals surface area (Å²) in [7, 11) is 1.74. The highest BCUT2D eigenvalue weighted by Gasteiger charge is 2.26. The number of methoxy groups -OCH3 is 1. The zero-order valence-corrected chi connectivity index (χ0v) is 17.6. The van der Waals surface area contributed by atoms with Gasteiger partial charge in [0.25, 0.3) is 0 Å². The fourth-order valence-corrected chi connectivity index (χ4v) is 3.97. The highest BCUT2D eigenvalue weighted by molar-refractivity contribution is 6.36. The van der Waals surface area contributed by atoms with E-state index in [4.69, 9.17) is 37.9 Å². The zero-order valence-electron chi connectivity index (χ0n) is 16.1. The van der Waals surface area contributed by atoms with E-state index in [0.29, 0.717) is 22.7 Å². The fourth-order valence-electron chi connectivity index (χ4n) is 3.47. The van der Waals surface area contributed by atoms with Gasteiger partial charge in [0.1, 0.15) is 0 Å². The summed E-state index contributed by atoms with van der Waals surface area (Å²) in [6.45, 7) is 5.85. The van der Waals surface area contributed by atoms with Crippen molar-refractivity contribution in [3.05, 3.63) is 39.6 Å². The molecular weight excluding hydrogens is 383 g/mol. The van der Waals surface area contributed by atoms with Gasteiger partial charge in [-0.2, -0.15) is 0 Å². The lowest BCUT2D eigenvalue weighted by molar-refractivity contribution is 0.128. The average Bonchev–Trinajstić information content (AvgIpc) is 3.09. The van der Waals surface area contributed by atoms with Crippen LogP contribution in [0.4, 0.5) is 5.82 Å². The molecule has 1 fully saturated rings. The number of nitrogens with one attached hydrogen (secondary N) is 1. The summed E-state index contributed by atoms with van der Waals surface area (Å²) >= 11 is 12.5. The van der Waals surface area contributed by atoms with Crippen LogP contribution in [0.5, 0.6) is 0 Å². The van der Waals surface area contributed by atoms with Crippen LogP contribution in [0, 0.1) is 0 Å². The van der Waals surface area contributed by atoms with E-state index in [0.717, 1.165) is 60.7 Å². The van der Waals surface area contributed by atoms with Gasteiger partial charge in [0, 0.05) is 24.2 Å². The molecule has 0 saturated carbocycles. The molecule has 3 rings (SSSR count). The molecule has 1 aliphatic rings. The summed E-state index contributed by atoms with van der Waals surface area (Å²) in [5.41, 5.74) is 7.04. The molecule has 2 aromatic rings. The summed E-state index contributed by atoms with van der Waals surface area (Å²) in [5.74, 6) is 0.825. The van der Waals surface area contributed by atoms with Gasteiger partial charge in [-0.3, -0.25) is 0 Å². The summed E-state index contributed by atoms with van der Waals surface area (Å²) < 4.78 is 5.35. The van der Waals surface area contributed by atoms with E-state index in [1.807, 2.05) is 12.1 Å². The van der Waals surface area contributed by atoms with E-state index < -0.39 is 0 Å². The second-order valence-electron chi connectivity index (χ2n) is 6.70. The predicted molar refractivity (Wildman–Crippen MR) is 111 cm³/mol. The largest absolute Gasteiger partial charge is 0.383 e. The van der Waals surface area contributed by atoms with Crippen LogP contribution >= 0.6 is 23.2 Å². The Morgan fingerprint density at radius 3 is 2.63 bits per heavy atom. The molecule has 1 aromatic carbocycles. The van der Waals surface area contributed by atoms with Gasteiger partial charge in [-0.1, -0.05) is 37.0 Å². The first kappa shape index (κ1) is 20.3. The molecule has 0 bridgehead atoms. The lowest BCUT2D eigenvalue weighted by Crippen LogP contribution is -2.38. The van der Waals surface area contributed by atoms with E-state index >= 15 is 0 Å². The standard InChI is InChI=1S/C20H26Cl2N4O/c1-4-17-19(15-9-8-13(21)11-16(15)22)23-18(5-2)20(24-17)25-26-10-6-7-14(26)12-27-3/h8-9,11,14H,4-7,10,12H2,1-3H3,(H,24,25)/t14-/m1/s1. The van der Waals surface area contributed by atoms with E-state index in [-0.39, 0.29) is 0 Å². The number of aromatic nitrogens is 2. The van der Waals surface area contributed by atoms with Crippen LogP contribution in [-0.4, -0.2) is 41.3 Å². The van der Waals surface area contributed by atoms with E-state index in [1.165, 1.54) is 0 Å². The van der Waals surface area contributed by atoms with Crippen molar-refractivity contribution < 1.29 is 4.74 Å². The first-order valence-corrected chi connectivity index (χ1v) is 10.2. The van der Waals surface area contributed by atoms with Gasteiger partial charge in [0.2, 0.25) is 0 Å². The van der Waals surface area contributed by atoms with Gasteiger partial charge < -0.3 is 10.2 Å². The number of hydrogen-bond donors (Lipinski definition) is 1. The summed E-state index contributed by atoms with van der Waals surface area (Å²) in [4.78, 5) is 9.84. The molecule has 0 aliphatic carbocycles. The lowest BCUT2D eigenvalue weighted by atomic mass is 10.1. The SMILES string of the molecule is CCc1nc(-c2ccc(Cl)cc2Cl)c(CC)nc1NN1CCC[C@@H]1COC. The molecular formula is C20H26Cl2N4O. The maximum absolute atomic E-state index is 6.43. The van der Waals surface area contributed by atoms with Gasteiger partial charge in [-0.25, -0.2) is 15.0 Å². The molecule has 0 amide bonds. The van der Waals surface area contributed by atoms with Crippen LogP contribution in [0.3, 0.4) is 0 Å². The Bertz CT molecular complexity index is 800. The summed E-state index contributed by atoms with van der Waals surface area (Å²) in [5, 5.41) is 3.43. The zero-order chi connectivity index (χ0) is 19.4. The van der Waals surface area contributed by atoms with Crippen LogP contribution in [0.15, 0.2) is 18.2 Å². The molecule has 5 nitrogen and oxygen atoms in total. The number of rotatable bonds is 7. The van der Waals surface area contributed by atoms with E-state index in [9.17, 15) is 0 Å². The lowest BCUT2D eigenvalue weighted by Gasteiger charge is -2.26. The highest BCUT2D eigenvalue weighted by atomic mass is 35.5. The molecule has 1 aromatic heterocycles. The molecule has 1 saturated heterocycles. The molecule has 146 valence electrons. The third kappa shape index (κ3) is 4.54.